The van der Waals surface area contributed by atoms with E-state index in [1.54, 1.807) is 0 Å². The van der Waals surface area contributed by atoms with Gasteiger partial charge in [-0.1, -0.05) is 59.6 Å². The summed E-state index contributed by atoms with van der Waals surface area (Å²) in [4.78, 5) is 35.4. The first-order chi connectivity index (χ1) is 23.0. The molecule has 0 saturated heterocycles. The van der Waals surface area contributed by atoms with Crippen LogP contribution in [0.4, 0.5) is 0 Å². The molecule has 4 N–H and O–H groups in total. The summed E-state index contributed by atoms with van der Waals surface area (Å²) in [5, 5.41) is 39.1. The average Bonchev–Trinajstić information content (AvgIpc) is 3.04. The molecule has 0 aliphatic carbocycles. The Morgan fingerprint density at radius 3 is 1.46 bits per heavy atom. The van der Waals surface area contributed by atoms with Gasteiger partial charge in [-0.05, 0) is 47.2 Å². The lowest BCUT2D eigenvalue weighted by Gasteiger charge is -2.30. The number of carbonyl (C=O) groups is 2. The second-order valence-corrected chi connectivity index (χ2v) is 13.2. The minimum atomic E-state index is -1.02. The lowest BCUT2D eigenvalue weighted by molar-refractivity contribution is -0.140. The lowest BCUT2D eigenvalue weighted by Crippen LogP contribution is -2.37. The molecular weight excluding hydrogens is 655 g/mol. The van der Waals surface area contributed by atoms with Crippen molar-refractivity contribution >= 4 is 35.1 Å². The predicted octanol–water partition coefficient (Wildman–Crippen LogP) is 5.17. The van der Waals surface area contributed by atoms with Crippen molar-refractivity contribution in [2.75, 3.05) is 26.2 Å². The first-order valence-corrected chi connectivity index (χ1v) is 16.6. The van der Waals surface area contributed by atoms with Crippen LogP contribution in [0.2, 0.25) is 10.0 Å². The Bertz CT molecular complexity index is 1720. The number of rotatable bonds is 11. The van der Waals surface area contributed by atoms with Crippen molar-refractivity contribution in [1.82, 2.24) is 19.8 Å². The molecule has 2 aliphatic rings. The zero-order valence-electron chi connectivity index (χ0n) is 26.1. The number of aliphatic hydroxyl groups excluding tert-OH is 2. The summed E-state index contributed by atoms with van der Waals surface area (Å²) in [7, 11) is 0. The average molecular weight is 692 g/mol. The maximum atomic E-state index is 10.9. The van der Waals surface area contributed by atoms with E-state index in [2.05, 4.69) is 12.1 Å². The SMILES string of the molecule is O=C(O)C[C@H](O)CN1CCc2cc(-c3cccc(-c4cccc(-c5cc6c(cn5)CN(C[C@@H](O)CC(=O)O)CC6)c4Cl)c3Cl)ncc2C1. The summed E-state index contributed by atoms with van der Waals surface area (Å²) in [6.45, 7) is 3.16. The van der Waals surface area contributed by atoms with E-state index in [1.165, 1.54) is 0 Å². The number of β-amino-alcohol motifs (C(OH)–C–C–N with tert-alkyl or cyclic N) is 2. The minimum Gasteiger partial charge on any atom is -0.481 e. The lowest BCUT2D eigenvalue weighted by atomic mass is 9.95. The van der Waals surface area contributed by atoms with Gasteiger partial charge in [0.15, 0.2) is 0 Å². The van der Waals surface area contributed by atoms with Gasteiger partial charge in [0, 0.05) is 73.9 Å². The van der Waals surface area contributed by atoms with E-state index < -0.39 is 24.1 Å². The van der Waals surface area contributed by atoms with Gasteiger partial charge in [-0.2, -0.15) is 0 Å². The highest BCUT2D eigenvalue weighted by Gasteiger charge is 2.24. The smallest absolute Gasteiger partial charge is 0.306 e. The Labute approximate surface area is 288 Å². The van der Waals surface area contributed by atoms with Gasteiger partial charge in [0.1, 0.15) is 0 Å². The number of carboxylic acid groups (broad SMARTS) is 2. The van der Waals surface area contributed by atoms with Crippen molar-refractivity contribution < 1.29 is 30.0 Å². The van der Waals surface area contributed by atoms with Gasteiger partial charge in [0.25, 0.3) is 0 Å². The van der Waals surface area contributed by atoms with Crippen LogP contribution in [-0.4, -0.2) is 90.5 Å². The third kappa shape index (κ3) is 7.70. The van der Waals surface area contributed by atoms with Crippen LogP contribution in [-0.2, 0) is 35.5 Å². The molecule has 2 aromatic carbocycles. The molecule has 0 bridgehead atoms. The largest absolute Gasteiger partial charge is 0.481 e. The monoisotopic (exact) mass is 690 g/mol. The molecule has 12 heteroatoms. The van der Waals surface area contributed by atoms with E-state index in [0.29, 0.717) is 49.3 Å². The Kier molecular flexibility index (Phi) is 10.4. The highest BCUT2D eigenvalue weighted by Crippen LogP contribution is 2.42. The predicted molar refractivity (Wildman–Crippen MR) is 183 cm³/mol. The maximum absolute atomic E-state index is 10.9. The number of benzene rings is 2. The van der Waals surface area contributed by atoms with Crippen LogP contribution in [0.3, 0.4) is 0 Å². The molecule has 4 aromatic rings. The number of aromatic nitrogens is 2. The van der Waals surface area contributed by atoms with Gasteiger partial charge in [0.05, 0.1) is 46.5 Å². The molecule has 0 radical (unpaired) electrons. The molecule has 0 amide bonds. The quantitative estimate of drug-likeness (QED) is 0.166. The van der Waals surface area contributed by atoms with Crippen molar-refractivity contribution in [2.24, 2.45) is 0 Å². The molecule has 2 aromatic heterocycles. The summed E-state index contributed by atoms with van der Waals surface area (Å²) >= 11 is 14.1. The number of nitrogens with zero attached hydrogens (tertiary/aromatic N) is 4. The van der Waals surface area contributed by atoms with Crippen LogP contribution in [0.25, 0.3) is 33.6 Å². The summed E-state index contributed by atoms with van der Waals surface area (Å²) in [6, 6.07) is 15.7. The van der Waals surface area contributed by atoms with Crippen LogP contribution in [0.1, 0.15) is 35.1 Å². The number of halogens is 2. The first-order valence-electron chi connectivity index (χ1n) is 15.8. The van der Waals surface area contributed by atoms with Gasteiger partial charge >= 0.3 is 11.9 Å². The molecule has 4 heterocycles. The fourth-order valence-corrected chi connectivity index (χ4v) is 7.26. The number of aliphatic carboxylic acids is 2. The van der Waals surface area contributed by atoms with Crippen molar-refractivity contribution in [3.8, 4) is 33.6 Å². The summed E-state index contributed by atoms with van der Waals surface area (Å²) < 4.78 is 0. The van der Waals surface area contributed by atoms with Crippen molar-refractivity contribution in [2.45, 2.75) is 51.0 Å². The topological polar surface area (TPSA) is 147 Å². The third-order valence-corrected chi connectivity index (χ3v) is 9.76. The molecule has 2 atom stereocenters. The fraction of sp³-hybridized carbons (Fsp3) is 0.333. The van der Waals surface area contributed by atoms with E-state index in [1.807, 2.05) is 58.6 Å². The maximum Gasteiger partial charge on any atom is 0.306 e. The van der Waals surface area contributed by atoms with E-state index in [0.717, 1.165) is 68.7 Å². The number of fused-ring (bicyclic) bond motifs is 2. The zero-order chi connectivity index (χ0) is 33.9. The number of hydrogen-bond acceptors (Lipinski definition) is 8. The highest BCUT2D eigenvalue weighted by atomic mass is 35.5. The molecule has 0 unspecified atom stereocenters. The zero-order valence-corrected chi connectivity index (χ0v) is 27.7. The molecule has 2 aliphatic heterocycles. The molecule has 48 heavy (non-hydrogen) atoms. The summed E-state index contributed by atoms with van der Waals surface area (Å²) in [5.41, 5.74) is 8.95. The van der Waals surface area contributed by atoms with Gasteiger partial charge in [-0.15, -0.1) is 0 Å². The fourth-order valence-electron chi connectivity index (χ4n) is 6.61. The Morgan fingerprint density at radius 2 is 1.06 bits per heavy atom. The second kappa shape index (κ2) is 14.7. The van der Waals surface area contributed by atoms with Crippen LogP contribution < -0.4 is 0 Å². The van der Waals surface area contributed by atoms with E-state index >= 15 is 0 Å². The number of hydrogen-bond donors (Lipinski definition) is 4. The molecule has 0 fully saturated rings. The number of pyridine rings is 2. The normalized spacial score (nSPS) is 16.2. The van der Waals surface area contributed by atoms with Crippen LogP contribution >= 0.6 is 23.2 Å². The molecule has 0 spiro atoms. The number of carboxylic acids is 2. The van der Waals surface area contributed by atoms with Gasteiger partial charge in [-0.3, -0.25) is 29.4 Å². The Balaban J connectivity index is 1.21. The van der Waals surface area contributed by atoms with E-state index in [-0.39, 0.29) is 12.8 Å². The van der Waals surface area contributed by atoms with Crippen LogP contribution in [0.15, 0.2) is 60.9 Å². The molecule has 250 valence electrons. The second-order valence-electron chi connectivity index (χ2n) is 12.5. The van der Waals surface area contributed by atoms with Crippen molar-refractivity contribution in [3.63, 3.8) is 0 Å². The van der Waals surface area contributed by atoms with Crippen LogP contribution in [0.5, 0.6) is 0 Å². The molecule has 0 saturated carbocycles. The van der Waals surface area contributed by atoms with E-state index in [9.17, 15) is 19.8 Å². The van der Waals surface area contributed by atoms with Gasteiger partial charge in [0.2, 0.25) is 0 Å². The standard InChI is InChI=1S/C36H36Cl2N4O6/c37-35-27(3-1-5-29(35)31-11-21-7-9-41(17-23(21)15-39-31)19-25(43)13-33(45)46)28-4-2-6-30(36(28)38)32-12-22-8-10-42(18-24(22)16-40-32)20-26(44)14-34(47)48/h1-6,11-12,15-16,25-26,43-44H,7-10,13-14,17-20H2,(H,45,46)(H,47,48)/t25-,26-/m0/s1. The van der Waals surface area contributed by atoms with Crippen LogP contribution in [0, 0.1) is 0 Å². The third-order valence-electron chi connectivity index (χ3n) is 8.95. The van der Waals surface area contributed by atoms with Crippen molar-refractivity contribution in [3.05, 3.63) is 93.2 Å². The first kappa shape index (κ1) is 34.0. The molecular formula is C36H36Cl2N4O6. The van der Waals surface area contributed by atoms with Gasteiger partial charge in [-0.25, -0.2) is 0 Å². The van der Waals surface area contributed by atoms with E-state index in [4.69, 9.17) is 43.4 Å². The Morgan fingerprint density at radius 1 is 0.667 bits per heavy atom. The highest BCUT2D eigenvalue weighted by molar-refractivity contribution is 6.39. The molecule has 6 rings (SSSR count). The number of aliphatic hydroxyl groups is 2. The Hall–Kier alpha value is -3.90. The van der Waals surface area contributed by atoms with Gasteiger partial charge < -0.3 is 20.4 Å². The van der Waals surface area contributed by atoms with Crippen molar-refractivity contribution in [1.29, 1.82) is 0 Å². The summed E-state index contributed by atoms with van der Waals surface area (Å²) in [5.74, 6) is -2.03. The molecule has 10 nitrogen and oxygen atoms in total. The minimum absolute atomic E-state index is 0.281. The summed E-state index contributed by atoms with van der Waals surface area (Å²) in [6.07, 6.45) is 2.74.